The molecule has 0 amide bonds. The minimum Gasteiger partial charge on any atom is -0.497 e. The van der Waals surface area contributed by atoms with Crippen LogP contribution in [-0.4, -0.2) is 74.4 Å². The van der Waals surface area contributed by atoms with Crippen molar-refractivity contribution in [3.05, 3.63) is 60.4 Å². The lowest BCUT2D eigenvalue weighted by Crippen LogP contribution is -2.53. The second-order valence-corrected chi connectivity index (χ2v) is 10.4. The van der Waals surface area contributed by atoms with Crippen molar-refractivity contribution in [2.45, 2.75) is 25.1 Å². The Bertz CT molecular complexity index is 1510. The standard InChI is InChI=1S/C30H32F3N5O2/c1-39-23-16-20-4-3-9-34-29(20)26(18-23)38-14-12-37(13-15-38)21-7-10-36(11-8-21)22-5-6-24-25(17-22)35-28(30(31,32)33)19-27(24)40-2/h3-6,9,16-19,21H,7-8,10-15H2,1-2H3. The van der Waals surface area contributed by atoms with Crippen LogP contribution in [0.25, 0.3) is 21.8 Å². The molecule has 0 aliphatic carbocycles. The summed E-state index contributed by atoms with van der Waals surface area (Å²) in [5, 5.41) is 1.65. The number of halogens is 3. The maximum atomic E-state index is 13.4. The highest BCUT2D eigenvalue weighted by molar-refractivity contribution is 5.92. The molecule has 0 atom stereocenters. The smallest absolute Gasteiger partial charge is 0.433 e. The molecule has 2 aromatic carbocycles. The first-order valence-corrected chi connectivity index (χ1v) is 13.6. The summed E-state index contributed by atoms with van der Waals surface area (Å²) in [6.07, 6.45) is -0.697. The van der Waals surface area contributed by atoms with Gasteiger partial charge in [0.2, 0.25) is 0 Å². The lowest BCUT2D eigenvalue weighted by molar-refractivity contribution is -0.141. The van der Waals surface area contributed by atoms with Crippen LogP contribution >= 0.6 is 0 Å². The van der Waals surface area contributed by atoms with E-state index in [1.807, 2.05) is 24.4 Å². The van der Waals surface area contributed by atoms with E-state index >= 15 is 0 Å². The molecule has 0 unspecified atom stereocenters. The van der Waals surface area contributed by atoms with E-state index in [1.54, 1.807) is 19.2 Å². The predicted molar refractivity (Wildman–Crippen MR) is 151 cm³/mol. The fraction of sp³-hybridized carbons (Fsp3) is 0.400. The minimum absolute atomic E-state index is 0.180. The third kappa shape index (κ3) is 5.08. The van der Waals surface area contributed by atoms with Gasteiger partial charge in [0, 0.05) is 80.1 Å². The van der Waals surface area contributed by atoms with Gasteiger partial charge in [0.1, 0.15) is 17.2 Å². The number of piperidine rings is 1. The number of benzene rings is 2. The lowest BCUT2D eigenvalue weighted by atomic mass is 10.0. The summed E-state index contributed by atoms with van der Waals surface area (Å²) >= 11 is 0. The normalized spacial score (nSPS) is 17.5. The first kappa shape index (κ1) is 26.4. The number of ether oxygens (including phenoxy) is 2. The van der Waals surface area contributed by atoms with Gasteiger partial charge in [-0.05, 0) is 43.2 Å². The molecule has 0 spiro atoms. The van der Waals surface area contributed by atoms with Crippen molar-refractivity contribution in [2.24, 2.45) is 0 Å². The van der Waals surface area contributed by atoms with E-state index < -0.39 is 11.9 Å². The number of hydrogen-bond donors (Lipinski definition) is 0. The Morgan fingerprint density at radius 3 is 2.33 bits per heavy atom. The molecule has 6 rings (SSSR count). The summed E-state index contributed by atoms with van der Waals surface area (Å²) in [4.78, 5) is 15.8. The molecule has 0 bridgehead atoms. The largest absolute Gasteiger partial charge is 0.497 e. The Balaban J connectivity index is 1.11. The molecule has 2 aliphatic heterocycles. The lowest BCUT2D eigenvalue weighted by Gasteiger charge is -2.44. The summed E-state index contributed by atoms with van der Waals surface area (Å²) < 4.78 is 50.9. The molecule has 2 fully saturated rings. The molecular weight excluding hydrogens is 519 g/mol. The average Bonchev–Trinajstić information content (AvgIpc) is 2.99. The van der Waals surface area contributed by atoms with Crippen molar-refractivity contribution in [3.8, 4) is 11.5 Å². The van der Waals surface area contributed by atoms with Crippen LogP contribution in [0.2, 0.25) is 0 Å². The van der Waals surface area contributed by atoms with Crippen LogP contribution in [0.5, 0.6) is 11.5 Å². The van der Waals surface area contributed by atoms with Crippen molar-refractivity contribution < 1.29 is 22.6 Å². The van der Waals surface area contributed by atoms with Gasteiger partial charge in [0.25, 0.3) is 0 Å². The zero-order valence-electron chi connectivity index (χ0n) is 22.6. The average molecular weight is 552 g/mol. The van der Waals surface area contributed by atoms with Gasteiger partial charge in [-0.2, -0.15) is 13.2 Å². The molecule has 2 aliphatic rings. The molecule has 2 saturated heterocycles. The van der Waals surface area contributed by atoms with Gasteiger partial charge in [-0.1, -0.05) is 6.07 Å². The van der Waals surface area contributed by atoms with Crippen LogP contribution in [0.4, 0.5) is 24.5 Å². The summed E-state index contributed by atoms with van der Waals surface area (Å²) in [5.74, 6) is 1.02. The van der Waals surface area contributed by atoms with Gasteiger partial charge in [0.05, 0.1) is 30.9 Å². The third-order valence-corrected chi connectivity index (χ3v) is 8.16. The molecule has 10 heteroatoms. The van der Waals surface area contributed by atoms with Gasteiger partial charge in [-0.25, -0.2) is 4.98 Å². The number of fused-ring (bicyclic) bond motifs is 2. The molecule has 7 nitrogen and oxygen atoms in total. The molecular formula is C30H32F3N5O2. The zero-order valence-corrected chi connectivity index (χ0v) is 22.6. The van der Waals surface area contributed by atoms with Gasteiger partial charge in [-0.15, -0.1) is 0 Å². The number of rotatable bonds is 5. The van der Waals surface area contributed by atoms with Crippen molar-refractivity contribution >= 4 is 33.2 Å². The molecule has 210 valence electrons. The van der Waals surface area contributed by atoms with Gasteiger partial charge < -0.3 is 19.3 Å². The predicted octanol–water partition coefficient (Wildman–Crippen LogP) is 5.61. The van der Waals surface area contributed by atoms with Crippen LogP contribution in [0.3, 0.4) is 0 Å². The van der Waals surface area contributed by atoms with Crippen LogP contribution in [-0.2, 0) is 6.18 Å². The van der Waals surface area contributed by atoms with E-state index in [9.17, 15) is 13.2 Å². The van der Waals surface area contributed by atoms with E-state index in [1.165, 1.54) is 7.11 Å². The summed E-state index contributed by atoms with van der Waals surface area (Å²) in [7, 11) is 3.07. The molecule has 40 heavy (non-hydrogen) atoms. The summed E-state index contributed by atoms with van der Waals surface area (Å²) in [5.41, 5.74) is 2.35. The molecule has 4 heterocycles. The number of methoxy groups -OCH3 is 2. The SMILES string of the molecule is COc1cc(N2CCN(C3CCN(c4ccc5c(OC)cc(C(F)(F)F)nc5c4)CC3)CC2)c2ncccc2c1. The highest BCUT2D eigenvalue weighted by atomic mass is 19.4. The number of nitrogens with zero attached hydrogens (tertiary/aromatic N) is 5. The van der Waals surface area contributed by atoms with Crippen LogP contribution in [0.15, 0.2) is 54.7 Å². The topological polar surface area (TPSA) is 54.0 Å². The third-order valence-electron chi connectivity index (χ3n) is 8.16. The zero-order chi connectivity index (χ0) is 27.9. The van der Waals surface area contributed by atoms with Crippen molar-refractivity contribution in [2.75, 3.05) is 63.3 Å². The Kier molecular flexibility index (Phi) is 7.04. The van der Waals surface area contributed by atoms with Crippen molar-refractivity contribution in [1.82, 2.24) is 14.9 Å². The summed E-state index contributed by atoms with van der Waals surface area (Å²) in [6, 6.07) is 15.1. The fourth-order valence-electron chi connectivity index (χ4n) is 6.02. The number of pyridine rings is 2. The molecule has 4 aromatic rings. The van der Waals surface area contributed by atoms with Crippen molar-refractivity contribution in [1.29, 1.82) is 0 Å². The van der Waals surface area contributed by atoms with Crippen LogP contribution < -0.4 is 19.3 Å². The quantitative estimate of drug-likeness (QED) is 0.320. The van der Waals surface area contributed by atoms with Crippen LogP contribution in [0.1, 0.15) is 18.5 Å². The van der Waals surface area contributed by atoms with Gasteiger partial charge in [-0.3, -0.25) is 9.88 Å². The maximum Gasteiger partial charge on any atom is 0.433 e. The first-order chi connectivity index (χ1) is 19.3. The maximum absolute atomic E-state index is 13.4. The monoisotopic (exact) mass is 551 g/mol. The molecule has 0 radical (unpaired) electrons. The van der Waals surface area contributed by atoms with E-state index in [-0.39, 0.29) is 5.75 Å². The first-order valence-electron chi connectivity index (χ1n) is 13.6. The molecule has 0 saturated carbocycles. The van der Waals surface area contributed by atoms with Crippen LogP contribution in [0, 0.1) is 0 Å². The van der Waals surface area contributed by atoms with E-state index in [0.29, 0.717) is 16.9 Å². The fourth-order valence-corrected chi connectivity index (χ4v) is 6.02. The highest BCUT2D eigenvalue weighted by Crippen LogP contribution is 2.36. The Hall–Kier alpha value is -3.79. The number of alkyl halides is 3. The number of hydrogen-bond acceptors (Lipinski definition) is 7. The Morgan fingerprint density at radius 1 is 0.850 bits per heavy atom. The van der Waals surface area contributed by atoms with E-state index in [2.05, 4.69) is 36.8 Å². The van der Waals surface area contributed by atoms with Gasteiger partial charge >= 0.3 is 6.18 Å². The Labute approximate surface area is 231 Å². The minimum atomic E-state index is -4.53. The number of aromatic nitrogens is 2. The second kappa shape index (κ2) is 10.6. The van der Waals surface area contributed by atoms with Gasteiger partial charge in [0.15, 0.2) is 0 Å². The highest BCUT2D eigenvalue weighted by Gasteiger charge is 2.34. The van der Waals surface area contributed by atoms with E-state index in [0.717, 1.165) is 86.2 Å². The number of piperazine rings is 1. The number of anilines is 2. The van der Waals surface area contributed by atoms with E-state index in [4.69, 9.17) is 9.47 Å². The van der Waals surface area contributed by atoms with Crippen molar-refractivity contribution in [3.63, 3.8) is 0 Å². The summed E-state index contributed by atoms with van der Waals surface area (Å²) in [6.45, 7) is 5.46. The Morgan fingerprint density at radius 2 is 1.62 bits per heavy atom. The molecule has 2 aromatic heterocycles. The second-order valence-electron chi connectivity index (χ2n) is 10.4. The molecule has 0 N–H and O–H groups in total.